The van der Waals surface area contributed by atoms with Gasteiger partial charge in [0.05, 0.1) is 16.9 Å². The van der Waals surface area contributed by atoms with Crippen LogP contribution in [0.1, 0.15) is 16.7 Å². The molecule has 0 heterocycles. The van der Waals surface area contributed by atoms with Crippen LogP contribution in [-0.4, -0.2) is 0 Å². The van der Waals surface area contributed by atoms with E-state index in [1.54, 1.807) is 0 Å². The summed E-state index contributed by atoms with van der Waals surface area (Å²) < 4.78 is 183. The fraction of sp³-hybridized carbons (Fsp3) is 0.143. The van der Waals surface area contributed by atoms with Gasteiger partial charge >= 0.3 is 18.5 Å². The minimum absolute atomic E-state index is 0.0422. The summed E-state index contributed by atoms with van der Waals surface area (Å²) in [6.07, 6.45) is -16.2. The molecule has 0 aliphatic carbocycles. The average molecular weight is 568 g/mol. The second-order valence-corrected chi connectivity index (χ2v) is 7.29. The van der Waals surface area contributed by atoms with Gasteiger partial charge in [0.2, 0.25) is 11.6 Å². The van der Waals surface area contributed by atoms with E-state index >= 15 is 0 Å². The topological polar surface area (TPSA) is 70.5 Å². The molecule has 0 saturated carbocycles. The van der Waals surface area contributed by atoms with Crippen molar-refractivity contribution >= 4 is 11.4 Å². The molecule has 0 unspecified atom stereocenters. The predicted molar refractivity (Wildman–Crippen MR) is 103 cm³/mol. The summed E-state index contributed by atoms with van der Waals surface area (Å²) in [6, 6.07) is 1.08. The molecule has 0 radical (unpaired) electrons. The standard InChI is InChI=1S/C21H9F13N2O2/c22-15-11(4-8(35)13(17(15)24)20(29,30)31)37-6-1-2-7(19(26,27)28)10(3-6)38-12-5-9(36)14(21(32,33)34)18(25)16(12)23/h1-5H,35-36H2. The summed E-state index contributed by atoms with van der Waals surface area (Å²) >= 11 is 0. The van der Waals surface area contributed by atoms with Gasteiger partial charge in [-0.05, 0) is 12.1 Å². The van der Waals surface area contributed by atoms with Gasteiger partial charge in [-0.2, -0.15) is 48.3 Å². The normalized spacial score (nSPS) is 12.6. The quantitative estimate of drug-likeness (QED) is 0.247. The van der Waals surface area contributed by atoms with Crippen LogP contribution in [0.5, 0.6) is 23.0 Å². The molecule has 3 aromatic carbocycles. The Hall–Kier alpha value is -4.05. The fourth-order valence-electron chi connectivity index (χ4n) is 3.10. The van der Waals surface area contributed by atoms with E-state index in [9.17, 15) is 57.1 Å². The van der Waals surface area contributed by atoms with Crippen LogP contribution in [0, 0.1) is 23.3 Å². The van der Waals surface area contributed by atoms with Crippen molar-refractivity contribution in [3.63, 3.8) is 0 Å². The predicted octanol–water partition coefficient (Wildman–Crippen LogP) is 8.05. The Morgan fingerprint density at radius 3 is 1.32 bits per heavy atom. The van der Waals surface area contributed by atoms with Gasteiger partial charge in [0.1, 0.15) is 22.6 Å². The molecule has 3 aromatic rings. The SMILES string of the molecule is Nc1cc(Oc2ccc(C(F)(F)F)c(Oc3cc(N)c(C(F)(F)F)c(F)c3F)c2)c(F)c(F)c1C(F)(F)F. The number of hydrogen-bond acceptors (Lipinski definition) is 4. The molecule has 3 rings (SSSR count). The Labute approximate surface area is 202 Å². The van der Waals surface area contributed by atoms with E-state index < -0.39 is 92.9 Å². The molecule has 0 aromatic heterocycles. The Morgan fingerprint density at radius 1 is 0.500 bits per heavy atom. The van der Waals surface area contributed by atoms with Gasteiger partial charge in [-0.1, -0.05) is 0 Å². The van der Waals surface area contributed by atoms with Gasteiger partial charge in [0.25, 0.3) is 0 Å². The molecule has 17 heteroatoms. The molecule has 206 valence electrons. The molecule has 0 spiro atoms. The van der Waals surface area contributed by atoms with E-state index in [0.717, 1.165) is 0 Å². The van der Waals surface area contributed by atoms with Crippen molar-refractivity contribution in [1.82, 2.24) is 0 Å². The maximum Gasteiger partial charge on any atom is 0.421 e. The van der Waals surface area contributed by atoms with E-state index in [1.165, 1.54) is 0 Å². The lowest BCUT2D eigenvalue weighted by molar-refractivity contribution is -0.140. The first-order valence-electron chi connectivity index (χ1n) is 9.49. The summed E-state index contributed by atoms with van der Waals surface area (Å²) in [6.45, 7) is 0. The lowest BCUT2D eigenvalue weighted by atomic mass is 10.1. The first-order chi connectivity index (χ1) is 17.2. The van der Waals surface area contributed by atoms with Crippen LogP contribution in [0.15, 0.2) is 30.3 Å². The molecule has 0 bridgehead atoms. The van der Waals surface area contributed by atoms with Gasteiger partial charge < -0.3 is 20.9 Å². The maximum absolute atomic E-state index is 14.2. The highest BCUT2D eigenvalue weighted by Crippen LogP contribution is 2.45. The number of halogens is 13. The van der Waals surface area contributed by atoms with Gasteiger partial charge in [-0.15, -0.1) is 0 Å². The van der Waals surface area contributed by atoms with E-state index in [2.05, 4.69) is 4.74 Å². The second-order valence-electron chi connectivity index (χ2n) is 7.29. The van der Waals surface area contributed by atoms with E-state index in [1.807, 2.05) is 0 Å². The second kappa shape index (κ2) is 9.36. The molecule has 0 fully saturated rings. The minimum Gasteiger partial charge on any atom is -0.454 e. The van der Waals surface area contributed by atoms with Gasteiger partial charge in [-0.25, -0.2) is 8.78 Å². The number of ether oxygens (including phenoxy) is 2. The molecule has 0 saturated heterocycles. The third-order valence-electron chi connectivity index (χ3n) is 4.68. The van der Waals surface area contributed by atoms with Crippen LogP contribution >= 0.6 is 0 Å². The molecule has 4 N–H and O–H groups in total. The highest BCUT2D eigenvalue weighted by molar-refractivity contribution is 5.57. The third kappa shape index (κ3) is 5.45. The number of hydrogen-bond donors (Lipinski definition) is 2. The van der Waals surface area contributed by atoms with Crippen molar-refractivity contribution in [3.05, 3.63) is 70.3 Å². The zero-order valence-corrected chi connectivity index (χ0v) is 17.8. The van der Waals surface area contributed by atoms with Crippen LogP contribution in [0.4, 0.5) is 68.5 Å². The van der Waals surface area contributed by atoms with Gasteiger partial charge in [0.15, 0.2) is 23.1 Å². The van der Waals surface area contributed by atoms with Crippen LogP contribution < -0.4 is 20.9 Å². The zero-order valence-electron chi connectivity index (χ0n) is 17.8. The van der Waals surface area contributed by atoms with E-state index in [-0.39, 0.29) is 24.3 Å². The number of nitrogens with two attached hydrogens (primary N) is 2. The number of rotatable bonds is 4. The first kappa shape index (κ1) is 28.5. The number of nitrogen functional groups attached to an aromatic ring is 2. The largest absolute Gasteiger partial charge is 0.454 e. The monoisotopic (exact) mass is 568 g/mol. The van der Waals surface area contributed by atoms with Crippen molar-refractivity contribution in [3.8, 4) is 23.0 Å². The van der Waals surface area contributed by atoms with Crippen molar-refractivity contribution in [2.75, 3.05) is 11.5 Å². The number of alkyl halides is 9. The highest BCUT2D eigenvalue weighted by Gasteiger charge is 2.41. The number of anilines is 2. The fourth-order valence-corrected chi connectivity index (χ4v) is 3.10. The Bertz CT molecular complexity index is 1400. The van der Waals surface area contributed by atoms with Gasteiger partial charge in [-0.3, -0.25) is 0 Å². The summed E-state index contributed by atoms with van der Waals surface area (Å²) in [5.41, 5.74) is 1.15. The molecular formula is C21H9F13N2O2. The summed E-state index contributed by atoms with van der Waals surface area (Å²) in [7, 11) is 0. The Kier molecular flexibility index (Phi) is 7.02. The summed E-state index contributed by atoms with van der Waals surface area (Å²) in [5.74, 6) is -14.9. The van der Waals surface area contributed by atoms with Crippen molar-refractivity contribution in [2.24, 2.45) is 0 Å². The molecule has 0 atom stereocenters. The summed E-state index contributed by atoms with van der Waals surface area (Å²) in [5, 5.41) is 0. The number of benzene rings is 3. The van der Waals surface area contributed by atoms with Gasteiger partial charge in [0, 0.05) is 18.2 Å². The maximum atomic E-state index is 14.2. The van der Waals surface area contributed by atoms with Crippen molar-refractivity contribution in [2.45, 2.75) is 18.5 Å². The van der Waals surface area contributed by atoms with Crippen LogP contribution in [0.2, 0.25) is 0 Å². The van der Waals surface area contributed by atoms with Crippen molar-refractivity contribution < 1.29 is 66.5 Å². The lowest BCUT2D eigenvalue weighted by Gasteiger charge is -2.18. The molecule has 38 heavy (non-hydrogen) atoms. The molecular weight excluding hydrogens is 559 g/mol. The van der Waals surface area contributed by atoms with E-state index in [0.29, 0.717) is 6.07 Å². The van der Waals surface area contributed by atoms with Crippen LogP contribution in [0.25, 0.3) is 0 Å². The Balaban J connectivity index is 2.10. The molecule has 0 amide bonds. The first-order valence-corrected chi connectivity index (χ1v) is 9.49. The van der Waals surface area contributed by atoms with Crippen LogP contribution in [-0.2, 0) is 18.5 Å². The smallest absolute Gasteiger partial charge is 0.421 e. The highest BCUT2D eigenvalue weighted by atomic mass is 19.4. The lowest BCUT2D eigenvalue weighted by Crippen LogP contribution is -2.14. The molecule has 0 aliphatic heterocycles. The molecule has 0 aliphatic rings. The Morgan fingerprint density at radius 2 is 0.921 bits per heavy atom. The van der Waals surface area contributed by atoms with Crippen LogP contribution in [0.3, 0.4) is 0 Å². The molecule has 4 nitrogen and oxygen atoms in total. The minimum atomic E-state index is -5.48. The van der Waals surface area contributed by atoms with Crippen molar-refractivity contribution in [1.29, 1.82) is 0 Å². The third-order valence-corrected chi connectivity index (χ3v) is 4.68. The summed E-state index contributed by atoms with van der Waals surface area (Å²) in [4.78, 5) is 0. The van der Waals surface area contributed by atoms with E-state index in [4.69, 9.17) is 16.2 Å². The average Bonchev–Trinajstić information content (AvgIpc) is 2.72. The zero-order chi connectivity index (χ0) is 29.0.